The second kappa shape index (κ2) is 9.52. The Labute approximate surface area is 148 Å². The zero-order chi connectivity index (χ0) is 17.4. The van der Waals surface area contributed by atoms with E-state index in [2.05, 4.69) is 16.9 Å². The van der Waals surface area contributed by atoms with Crippen molar-refractivity contribution in [1.29, 1.82) is 0 Å². The number of para-hydroxylation sites is 1. The molecule has 1 aliphatic rings. The SMILES string of the molecule is C=C(C)CN.O=C/C=C1\SC(=Nc2c(Cl)cccc2Cl)NC1=O. The Morgan fingerprint density at radius 2 is 2.00 bits per heavy atom. The first-order valence-electron chi connectivity index (χ1n) is 6.40. The molecule has 0 unspecified atom stereocenters. The highest BCUT2D eigenvalue weighted by Crippen LogP contribution is 2.35. The molecule has 3 N–H and O–H groups in total. The summed E-state index contributed by atoms with van der Waals surface area (Å²) in [5.74, 6) is -0.367. The van der Waals surface area contributed by atoms with E-state index in [0.29, 0.717) is 33.7 Å². The molecule has 1 saturated heterocycles. The Hall–Kier alpha value is -1.60. The van der Waals surface area contributed by atoms with Crippen molar-refractivity contribution in [3.05, 3.63) is 51.4 Å². The molecule has 23 heavy (non-hydrogen) atoms. The van der Waals surface area contributed by atoms with Crippen LogP contribution >= 0.6 is 35.0 Å². The van der Waals surface area contributed by atoms with Gasteiger partial charge in [0.2, 0.25) is 0 Å². The monoisotopic (exact) mass is 371 g/mol. The average molecular weight is 372 g/mol. The molecular weight excluding hydrogens is 357 g/mol. The lowest BCUT2D eigenvalue weighted by molar-refractivity contribution is -0.115. The fourth-order valence-electron chi connectivity index (χ4n) is 1.25. The third kappa shape index (κ3) is 6.19. The van der Waals surface area contributed by atoms with E-state index in [1.807, 2.05) is 6.92 Å². The summed E-state index contributed by atoms with van der Waals surface area (Å²) in [5.41, 5.74) is 6.49. The van der Waals surface area contributed by atoms with Crippen LogP contribution in [0.5, 0.6) is 0 Å². The quantitative estimate of drug-likeness (QED) is 0.484. The molecule has 0 bridgehead atoms. The number of amidine groups is 1. The number of aliphatic imine (C=N–C) groups is 1. The number of aldehydes is 1. The van der Waals surface area contributed by atoms with Gasteiger partial charge in [-0.3, -0.25) is 9.59 Å². The molecule has 2 rings (SSSR count). The fourth-order valence-corrected chi connectivity index (χ4v) is 2.49. The summed E-state index contributed by atoms with van der Waals surface area (Å²) < 4.78 is 0. The minimum atomic E-state index is -0.367. The average Bonchev–Trinajstić information content (AvgIpc) is 2.84. The highest BCUT2D eigenvalue weighted by Gasteiger charge is 2.24. The Morgan fingerprint density at radius 1 is 1.43 bits per heavy atom. The molecule has 0 saturated carbocycles. The maximum atomic E-state index is 11.4. The molecule has 1 fully saturated rings. The van der Waals surface area contributed by atoms with E-state index in [9.17, 15) is 9.59 Å². The van der Waals surface area contributed by atoms with Crippen LogP contribution < -0.4 is 11.1 Å². The predicted octanol–water partition coefficient (Wildman–Crippen LogP) is 3.45. The number of nitrogens with two attached hydrogens (primary N) is 1. The number of carbonyl (C=O) groups excluding carboxylic acids is 2. The van der Waals surface area contributed by atoms with E-state index in [0.717, 1.165) is 17.3 Å². The van der Waals surface area contributed by atoms with Crippen molar-refractivity contribution >= 4 is 58.0 Å². The molecule has 0 aromatic heterocycles. The van der Waals surface area contributed by atoms with E-state index >= 15 is 0 Å². The summed E-state index contributed by atoms with van der Waals surface area (Å²) in [6, 6.07) is 5.00. The second-order valence-electron chi connectivity index (χ2n) is 4.37. The number of hydrogen-bond acceptors (Lipinski definition) is 5. The lowest BCUT2D eigenvalue weighted by atomic mass is 10.3. The molecule has 0 radical (unpaired) electrons. The molecule has 5 nitrogen and oxygen atoms in total. The Kier molecular flexibility index (Phi) is 8.05. The van der Waals surface area contributed by atoms with Crippen LogP contribution in [-0.2, 0) is 9.59 Å². The molecular formula is C15H15Cl2N3O2S. The predicted molar refractivity (Wildman–Crippen MR) is 97.3 cm³/mol. The van der Waals surface area contributed by atoms with Crippen molar-refractivity contribution in [3.63, 3.8) is 0 Å². The van der Waals surface area contributed by atoms with Crippen LogP contribution in [0.1, 0.15) is 6.92 Å². The van der Waals surface area contributed by atoms with Gasteiger partial charge in [0.25, 0.3) is 5.91 Å². The number of amides is 1. The normalized spacial score (nSPS) is 16.8. The van der Waals surface area contributed by atoms with Gasteiger partial charge in [0.1, 0.15) is 12.0 Å². The van der Waals surface area contributed by atoms with Crippen LogP contribution in [0.3, 0.4) is 0 Å². The van der Waals surface area contributed by atoms with E-state index in [-0.39, 0.29) is 10.8 Å². The van der Waals surface area contributed by atoms with Gasteiger partial charge < -0.3 is 11.1 Å². The van der Waals surface area contributed by atoms with Crippen molar-refractivity contribution in [2.24, 2.45) is 10.7 Å². The first kappa shape index (κ1) is 19.4. The fraction of sp³-hybridized carbons (Fsp3) is 0.133. The Morgan fingerprint density at radius 3 is 2.48 bits per heavy atom. The number of carbonyl (C=O) groups is 2. The van der Waals surface area contributed by atoms with Crippen LogP contribution in [0.2, 0.25) is 10.0 Å². The molecule has 0 atom stereocenters. The first-order valence-corrected chi connectivity index (χ1v) is 7.98. The summed E-state index contributed by atoms with van der Waals surface area (Å²) in [5, 5.41) is 3.63. The summed E-state index contributed by atoms with van der Waals surface area (Å²) in [4.78, 5) is 26.2. The van der Waals surface area contributed by atoms with Crippen LogP contribution in [0.4, 0.5) is 5.69 Å². The molecule has 0 aliphatic carbocycles. The molecule has 0 spiro atoms. The van der Waals surface area contributed by atoms with E-state index in [1.165, 1.54) is 6.08 Å². The zero-order valence-corrected chi connectivity index (χ0v) is 14.6. The van der Waals surface area contributed by atoms with Crippen LogP contribution in [0, 0.1) is 0 Å². The van der Waals surface area contributed by atoms with E-state index in [4.69, 9.17) is 28.9 Å². The summed E-state index contributed by atoms with van der Waals surface area (Å²) in [7, 11) is 0. The van der Waals surface area contributed by atoms with Gasteiger partial charge in [0.05, 0.1) is 15.0 Å². The van der Waals surface area contributed by atoms with Gasteiger partial charge in [0.15, 0.2) is 5.17 Å². The topological polar surface area (TPSA) is 84.6 Å². The van der Waals surface area contributed by atoms with Gasteiger partial charge in [-0.2, -0.15) is 0 Å². The largest absolute Gasteiger partial charge is 0.327 e. The number of benzene rings is 1. The van der Waals surface area contributed by atoms with Gasteiger partial charge in [0, 0.05) is 6.54 Å². The van der Waals surface area contributed by atoms with Crippen molar-refractivity contribution in [2.75, 3.05) is 6.54 Å². The number of halogens is 2. The van der Waals surface area contributed by atoms with Crippen molar-refractivity contribution in [3.8, 4) is 0 Å². The highest BCUT2D eigenvalue weighted by atomic mass is 35.5. The number of thioether (sulfide) groups is 1. The second-order valence-corrected chi connectivity index (χ2v) is 6.22. The first-order chi connectivity index (χ1) is 10.9. The van der Waals surface area contributed by atoms with E-state index < -0.39 is 0 Å². The van der Waals surface area contributed by atoms with Crippen LogP contribution in [-0.4, -0.2) is 23.9 Å². The van der Waals surface area contributed by atoms with Gasteiger partial charge in [-0.15, -0.1) is 0 Å². The van der Waals surface area contributed by atoms with Gasteiger partial charge >= 0.3 is 0 Å². The molecule has 8 heteroatoms. The standard InChI is InChI=1S/C11H6Cl2N2O2S.C4H9N/c12-6-2-1-3-7(13)9(6)14-11-15-10(17)8(18-11)4-5-16;1-4(2)3-5/h1-5H,(H,14,15,17);1,3,5H2,2H3/b8-4-;. The molecule has 1 aromatic carbocycles. The minimum absolute atomic E-state index is 0.284. The van der Waals surface area contributed by atoms with Crippen molar-refractivity contribution in [2.45, 2.75) is 6.92 Å². The molecule has 1 aliphatic heterocycles. The highest BCUT2D eigenvalue weighted by molar-refractivity contribution is 8.18. The number of allylic oxidation sites excluding steroid dienone is 1. The number of nitrogens with one attached hydrogen (secondary N) is 1. The lowest BCUT2D eigenvalue weighted by Crippen LogP contribution is -2.19. The van der Waals surface area contributed by atoms with Crippen LogP contribution in [0.15, 0.2) is 46.3 Å². The Balaban J connectivity index is 0.000000463. The smallest absolute Gasteiger partial charge is 0.264 e. The Bertz CT molecular complexity index is 667. The molecule has 1 aromatic rings. The zero-order valence-electron chi connectivity index (χ0n) is 12.3. The minimum Gasteiger partial charge on any atom is -0.327 e. The van der Waals surface area contributed by atoms with Crippen molar-refractivity contribution < 1.29 is 9.59 Å². The van der Waals surface area contributed by atoms with Crippen molar-refractivity contribution in [1.82, 2.24) is 5.32 Å². The van der Waals surface area contributed by atoms with Crippen LogP contribution in [0.25, 0.3) is 0 Å². The molecule has 1 heterocycles. The summed E-state index contributed by atoms with van der Waals surface area (Å²) in [6.45, 7) is 6.06. The number of nitrogens with zero attached hydrogens (tertiary/aromatic N) is 1. The lowest BCUT2D eigenvalue weighted by Gasteiger charge is -2.01. The third-order valence-corrected chi connectivity index (χ3v) is 3.91. The van der Waals surface area contributed by atoms with Gasteiger partial charge in [-0.05, 0) is 36.9 Å². The van der Waals surface area contributed by atoms with Gasteiger partial charge in [-0.1, -0.05) is 41.4 Å². The number of rotatable bonds is 3. The maximum Gasteiger partial charge on any atom is 0.264 e. The van der Waals surface area contributed by atoms with Gasteiger partial charge in [-0.25, -0.2) is 4.99 Å². The molecule has 1 amide bonds. The summed E-state index contributed by atoms with van der Waals surface area (Å²) >= 11 is 13.0. The number of hydrogen-bond donors (Lipinski definition) is 2. The van der Waals surface area contributed by atoms with E-state index in [1.54, 1.807) is 18.2 Å². The molecule has 122 valence electrons. The summed E-state index contributed by atoms with van der Waals surface area (Å²) in [6.07, 6.45) is 1.73. The third-order valence-electron chi connectivity index (χ3n) is 2.37. The maximum absolute atomic E-state index is 11.4.